The Bertz CT molecular complexity index is 989. The van der Waals surface area contributed by atoms with Crippen LogP contribution in [-0.2, 0) is 19.4 Å². The quantitative estimate of drug-likeness (QED) is 0.713. The summed E-state index contributed by atoms with van der Waals surface area (Å²) in [6.45, 7) is 9.26. The van der Waals surface area contributed by atoms with Gasteiger partial charge in [-0.25, -0.2) is 9.67 Å². The molecule has 3 aromatic rings. The van der Waals surface area contributed by atoms with Crippen LogP contribution in [0.2, 0.25) is 0 Å². The number of nitrogens with zero attached hydrogens (tertiary/aromatic N) is 4. The van der Waals surface area contributed by atoms with E-state index in [9.17, 15) is 4.79 Å². The Labute approximate surface area is 169 Å². The van der Waals surface area contributed by atoms with E-state index in [4.69, 9.17) is 0 Å². The molecule has 0 saturated carbocycles. The maximum Gasteiger partial charge on any atom is 0.260 e. The highest BCUT2D eigenvalue weighted by Gasteiger charge is 2.22. The fourth-order valence-corrected chi connectivity index (χ4v) is 4.59. The normalized spacial score (nSPS) is 14.1. The minimum atomic E-state index is -0.145. The van der Waals surface area contributed by atoms with Gasteiger partial charge in [0.2, 0.25) is 0 Å². The van der Waals surface area contributed by atoms with Crippen molar-refractivity contribution in [3.63, 3.8) is 0 Å². The van der Waals surface area contributed by atoms with Crippen molar-refractivity contribution in [1.29, 1.82) is 0 Å². The Kier molecular flexibility index (Phi) is 5.28. The number of nitrogens with one attached hydrogen (secondary N) is 1. The van der Waals surface area contributed by atoms with Crippen LogP contribution < -0.4 is 5.32 Å². The number of thiazole rings is 1. The van der Waals surface area contributed by atoms with Gasteiger partial charge in [-0.15, -0.1) is 11.3 Å². The first-order chi connectivity index (χ1) is 13.6. The molecule has 7 heteroatoms. The lowest BCUT2D eigenvalue weighted by atomic mass is 10.1. The van der Waals surface area contributed by atoms with Gasteiger partial charge in [-0.1, -0.05) is 31.5 Å². The molecule has 0 saturated heterocycles. The predicted molar refractivity (Wildman–Crippen MR) is 112 cm³/mol. The smallest absolute Gasteiger partial charge is 0.260 e. The zero-order chi connectivity index (χ0) is 19.7. The molecule has 4 rings (SSSR count). The third-order valence-electron chi connectivity index (χ3n) is 5.20. The van der Waals surface area contributed by atoms with Crippen LogP contribution in [0.3, 0.4) is 0 Å². The highest BCUT2D eigenvalue weighted by atomic mass is 32.1. The Hall–Kier alpha value is -2.51. The van der Waals surface area contributed by atoms with E-state index in [0.717, 1.165) is 49.6 Å². The number of amides is 1. The largest absolute Gasteiger partial charge is 0.298 e. The van der Waals surface area contributed by atoms with Gasteiger partial charge in [0.1, 0.15) is 0 Å². The van der Waals surface area contributed by atoms with Crippen molar-refractivity contribution in [3.8, 4) is 5.69 Å². The predicted octanol–water partition coefficient (Wildman–Crippen LogP) is 3.83. The number of aromatic nitrogens is 3. The van der Waals surface area contributed by atoms with Gasteiger partial charge in [0.05, 0.1) is 28.8 Å². The lowest BCUT2D eigenvalue weighted by Gasteiger charge is -2.23. The van der Waals surface area contributed by atoms with Gasteiger partial charge >= 0.3 is 0 Å². The Morgan fingerprint density at radius 3 is 2.75 bits per heavy atom. The van der Waals surface area contributed by atoms with Crippen molar-refractivity contribution in [2.24, 2.45) is 0 Å². The maximum atomic E-state index is 12.9. The lowest BCUT2D eigenvalue weighted by molar-refractivity contribution is 0.102. The number of rotatable bonds is 5. The fourth-order valence-electron chi connectivity index (χ4n) is 3.55. The molecule has 0 fully saturated rings. The van der Waals surface area contributed by atoms with E-state index < -0.39 is 0 Å². The molecule has 0 bridgehead atoms. The summed E-state index contributed by atoms with van der Waals surface area (Å²) in [5, 5.41) is 8.14. The summed E-state index contributed by atoms with van der Waals surface area (Å²) in [5.74, 6) is -0.145. The molecule has 2 aromatic heterocycles. The average Bonchev–Trinajstić information content (AvgIpc) is 3.31. The van der Waals surface area contributed by atoms with Gasteiger partial charge in [-0.05, 0) is 32.0 Å². The van der Waals surface area contributed by atoms with Crippen LogP contribution in [0.5, 0.6) is 0 Å². The van der Waals surface area contributed by atoms with Crippen LogP contribution in [0.4, 0.5) is 5.13 Å². The van der Waals surface area contributed by atoms with E-state index >= 15 is 0 Å². The van der Waals surface area contributed by atoms with Crippen molar-refractivity contribution in [2.45, 2.75) is 40.2 Å². The Balaban J connectivity index is 1.56. The molecule has 6 nitrogen and oxygen atoms in total. The molecule has 0 atom stereocenters. The number of aryl methyl sites for hydroxylation is 1. The number of benzene rings is 1. The minimum Gasteiger partial charge on any atom is -0.298 e. The van der Waals surface area contributed by atoms with E-state index in [1.165, 1.54) is 10.4 Å². The van der Waals surface area contributed by atoms with E-state index in [-0.39, 0.29) is 5.91 Å². The summed E-state index contributed by atoms with van der Waals surface area (Å²) >= 11 is 1.58. The van der Waals surface area contributed by atoms with E-state index in [1.54, 1.807) is 17.5 Å². The molecule has 28 heavy (non-hydrogen) atoms. The number of hydrogen-bond acceptors (Lipinski definition) is 5. The maximum absolute atomic E-state index is 12.9. The molecule has 0 spiro atoms. The summed E-state index contributed by atoms with van der Waals surface area (Å²) in [7, 11) is 0. The van der Waals surface area contributed by atoms with Crippen molar-refractivity contribution >= 4 is 22.4 Å². The van der Waals surface area contributed by atoms with Crippen molar-refractivity contribution in [2.75, 3.05) is 18.4 Å². The van der Waals surface area contributed by atoms with Crippen LogP contribution in [0.15, 0.2) is 30.5 Å². The van der Waals surface area contributed by atoms with Gasteiger partial charge in [0.15, 0.2) is 5.13 Å². The monoisotopic (exact) mass is 395 g/mol. The lowest BCUT2D eigenvalue weighted by Crippen LogP contribution is -2.29. The summed E-state index contributed by atoms with van der Waals surface area (Å²) in [6.07, 6.45) is 3.32. The number of anilines is 1. The van der Waals surface area contributed by atoms with Crippen LogP contribution >= 0.6 is 11.3 Å². The van der Waals surface area contributed by atoms with Crippen molar-refractivity contribution < 1.29 is 4.79 Å². The Morgan fingerprint density at radius 2 is 2.04 bits per heavy atom. The molecule has 1 aliphatic rings. The molecule has 0 unspecified atom stereocenters. The molecule has 1 aliphatic heterocycles. The molecule has 146 valence electrons. The molecule has 3 heterocycles. The molecule has 1 amide bonds. The van der Waals surface area contributed by atoms with Gasteiger partial charge in [0, 0.05) is 24.4 Å². The number of fused-ring (bicyclic) bond motifs is 1. The highest BCUT2D eigenvalue weighted by Crippen LogP contribution is 2.29. The second-order valence-electron chi connectivity index (χ2n) is 7.07. The van der Waals surface area contributed by atoms with E-state index in [1.807, 2.05) is 23.7 Å². The zero-order valence-electron chi connectivity index (χ0n) is 16.5. The third kappa shape index (κ3) is 3.59. The third-order valence-corrected chi connectivity index (χ3v) is 6.20. The number of likely N-dealkylation sites (N-methyl/N-ethyl adjacent to an activating group) is 1. The summed E-state index contributed by atoms with van der Waals surface area (Å²) in [5.41, 5.74) is 4.79. The first-order valence-electron chi connectivity index (χ1n) is 9.75. The van der Waals surface area contributed by atoms with Crippen LogP contribution in [0.25, 0.3) is 5.69 Å². The first-order valence-corrected chi connectivity index (χ1v) is 10.6. The Morgan fingerprint density at radius 1 is 1.25 bits per heavy atom. The van der Waals surface area contributed by atoms with E-state index in [0.29, 0.717) is 10.7 Å². The molecule has 0 radical (unpaired) electrons. The highest BCUT2D eigenvalue weighted by molar-refractivity contribution is 7.15. The number of hydrogen-bond donors (Lipinski definition) is 1. The SMILES string of the molecule is CCc1c(C(=O)Nc2nc3c(s2)CN(CC)CC3)cnn1-c1ccc(C)cc1. The summed E-state index contributed by atoms with van der Waals surface area (Å²) in [4.78, 5) is 21.2. The molecule has 1 aromatic carbocycles. The molecule has 1 N–H and O–H groups in total. The topological polar surface area (TPSA) is 63.1 Å². The van der Waals surface area contributed by atoms with Gasteiger partial charge in [-0.3, -0.25) is 15.0 Å². The number of carbonyl (C=O) groups excluding carboxylic acids is 1. The molecule has 0 aliphatic carbocycles. The van der Waals surface area contributed by atoms with Crippen LogP contribution in [0, 0.1) is 6.92 Å². The van der Waals surface area contributed by atoms with Gasteiger partial charge in [0.25, 0.3) is 5.91 Å². The van der Waals surface area contributed by atoms with E-state index in [2.05, 4.69) is 46.3 Å². The van der Waals surface area contributed by atoms with Crippen molar-refractivity contribution in [1.82, 2.24) is 19.7 Å². The van der Waals surface area contributed by atoms with Crippen molar-refractivity contribution in [3.05, 3.63) is 57.9 Å². The molecular formula is C21H25N5OS. The zero-order valence-corrected chi connectivity index (χ0v) is 17.3. The molecular weight excluding hydrogens is 370 g/mol. The standard InChI is InChI=1S/C21H25N5OS/c1-4-18-16(12-22-26(18)15-8-6-14(3)7-9-15)20(27)24-21-23-17-10-11-25(5-2)13-19(17)28-21/h6-9,12H,4-5,10-11,13H2,1-3H3,(H,23,24,27). The van der Waals surface area contributed by atoms with Gasteiger partial charge in [-0.2, -0.15) is 5.10 Å². The van der Waals surface area contributed by atoms with Crippen LogP contribution in [0.1, 0.15) is 46.0 Å². The summed E-state index contributed by atoms with van der Waals surface area (Å²) in [6, 6.07) is 8.15. The second kappa shape index (κ2) is 7.85. The average molecular weight is 396 g/mol. The van der Waals surface area contributed by atoms with Gasteiger partial charge < -0.3 is 0 Å². The summed E-state index contributed by atoms with van der Waals surface area (Å²) < 4.78 is 1.85. The first kappa shape index (κ1) is 18.8. The second-order valence-corrected chi connectivity index (χ2v) is 8.15. The number of carbonyl (C=O) groups is 1. The fraction of sp³-hybridized carbons (Fsp3) is 0.381. The van der Waals surface area contributed by atoms with Crippen LogP contribution in [-0.4, -0.2) is 38.7 Å². The minimum absolute atomic E-state index is 0.145.